The fraction of sp³-hybridized carbons (Fsp3) is 0.158. The van der Waals surface area contributed by atoms with Gasteiger partial charge in [0, 0.05) is 17.7 Å². The molecule has 1 aliphatic rings. The van der Waals surface area contributed by atoms with Crippen LogP contribution in [0.15, 0.2) is 41.4 Å². The quantitative estimate of drug-likeness (QED) is 0.669. The second-order valence-corrected chi connectivity index (χ2v) is 6.51. The van der Waals surface area contributed by atoms with Gasteiger partial charge in [-0.25, -0.2) is 0 Å². The predicted octanol–water partition coefficient (Wildman–Crippen LogP) is 2.81. The Labute approximate surface area is 153 Å². The molecule has 1 aromatic heterocycles. The van der Waals surface area contributed by atoms with Crippen LogP contribution < -0.4 is 19.0 Å². The first-order valence-corrected chi connectivity index (χ1v) is 8.61. The molecule has 0 spiro atoms. The van der Waals surface area contributed by atoms with E-state index in [1.807, 2.05) is 16.7 Å². The standard InChI is InChI=1S/C19H14N2O4S/c1-3-7-21-14-9-15-16(25-11-24-15)10-17(14)26-19(21)20-18(22)12-5-4-6-13(8-12)23-2/h1,4-6,8-10H,7,11H2,2H3. The van der Waals surface area contributed by atoms with Crippen molar-refractivity contribution in [1.82, 2.24) is 4.57 Å². The molecule has 7 heteroatoms. The number of carbonyl (C=O) groups excluding carboxylic acids is 1. The lowest BCUT2D eigenvalue weighted by atomic mass is 10.2. The molecule has 1 amide bonds. The Morgan fingerprint density at radius 2 is 2.15 bits per heavy atom. The van der Waals surface area contributed by atoms with Crippen molar-refractivity contribution in [3.8, 4) is 29.6 Å². The zero-order valence-electron chi connectivity index (χ0n) is 13.9. The molecule has 130 valence electrons. The van der Waals surface area contributed by atoms with Crippen molar-refractivity contribution in [2.75, 3.05) is 13.9 Å². The first-order chi connectivity index (χ1) is 12.7. The molecule has 2 aromatic carbocycles. The van der Waals surface area contributed by atoms with Crippen LogP contribution in [0.2, 0.25) is 0 Å². The van der Waals surface area contributed by atoms with Crippen molar-refractivity contribution >= 4 is 27.5 Å². The number of benzene rings is 2. The first-order valence-electron chi connectivity index (χ1n) is 7.79. The molecule has 0 radical (unpaired) electrons. The maximum atomic E-state index is 12.6. The van der Waals surface area contributed by atoms with Crippen molar-refractivity contribution in [1.29, 1.82) is 0 Å². The normalized spacial score (nSPS) is 13.0. The number of aromatic nitrogens is 1. The van der Waals surface area contributed by atoms with Crippen LogP contribution in [0.5, 0.6) is 17.2 Å². The molecular weight excluding hydrogens is 352 g/mol. The van der Waals surface area contributed by atoms with E-state index in [0.29, 0.717) is 34.2 Å². The van der Waals surface area contributed by atoms with Crippen LogP contribution in [0.3, 0.4) is 0 Å². The molecular formula is C19H14N2O4S. The summed E-state index contributed by atoms with van der Waals surface area (Å²) in [4.78, 5) is 17.4. The minimum absolute atomic E-state index is 0.202. The SMILES string of the molecule is C#CCn1c(=NC(=O)c2cccc(OC)c2)sc2cc3c(cc21)OCO3. The highest BCUT2D eigenvalue weighted by atomic mass is 32.1. The number of nitrogens with zero attached hydrogens (tertiary/aromatic N) is 2. The summed E-state index contributed by atoms with van der Waals surface area (Å²) in [5, 5.41) is 0. The lowest BCUT2D eigenvalue weighted by molar-refractivity contribution is 0.0997. The molecule has 0 aliphatic carbocycles. The highest BCUT2D eigenvalue weighted by molar-refractivity contribution is 7.16. The van der Waals surface area contributed by atoms with Crippen molar-refractivity contribution in [2.24, 2.45) is 4.99 Å². The van der Waals surface area contributed by atoms with E-state index in [4.69, 9.17) is 20.6 Å². The van der Waals surface area contributed by atoms with E-state index in [1.165, 1.54) is 11.3 Å². The van der Waals surface area contributed by atoms with Crippen molar-refractivity contribution < 1.29 is 19.0 Å². The predicted molar refractivity (Wildman–Crippen MR) is 97.7 cm³/mol. The molecule has 0 atom stereocenters. The number of hydrogen-bond acceptors (Lipinski definition) is 5. The molecule has 0 fully saturated rings. The number of hydrogen-bond donors (Lipinski definition) is 0. The monoisotopic (exact) mass is 366 g/mol. The Morgan fingerprint density at radius 1 is 1.35 bits per heavy atom. The minimum Gasteiger partial charge on any atom is -0.497 e. The third-order valence-corrected chi connectivity index (χ3v) is 4.98. The Hall–Kier alpha value is -3.24. The number of thiazole rings is 1. The van der Waals surface area contributed by atoms with Crippen molar-refractivity contribution in [2.45, 2.75) is 6.54 Å². The molecule has 3 aromatic rings. The van der Waals surface area contributed by atoms with Gasteiger partial charge in [-0.05, 0) is 18.2 Å². The number of terminal acetylenes is 1. The summed E-state index contributed by atoms with van der Waals surface area (Å²) in [6.45, 7) is 0.497. The molecule has 1 aliphatic heterocycles. The van der Waals surface area contributed by atoms with Crippen molar-refractivity contribution in [3.63, 3.8) is 0 Å². The highest BCUT2D eigenvalue weighted by Gasteiger charge is 2.18. The average Bonchev–Trinajstić information content (AvgIpc) is 3.24. The second kappa shape index (κ2) is 6.58. The number of fused-ring (bicyclic) bond motifs is 2. The number of carbonyl (C=O) groups is 1. The fourth-order valence-corrected chi connectivity index (χ4v) is 3.73. The summed E-state index contributed by atoms with van der Waals surface area (Å²) in [6, 6.07) is 10.6. The van der Waals surface area contributed by atoms with Crippen LogP contribution >= 0.6 is 11.3 Å². The van der Waals surface area contributed by atoms with Gasteiger partial charge in [0.15, 0.2) is 16.3 Å². The number of ether oxygens (including phenoxy) is 3. The molecule has 0 unspecified atom stereocenters. The fourth-order valence-electron chi connectivity index (χ4n) is 2.70. The van der Waals surface area contributed by atoms with E-state index < -0.39 is 0 Å². The van der Waals surface area contributed by atoms with E-state index in [9.17, 15) is 4.79 Å². The van der Waals surface area contributed by atoms with E-state index >= 15 is 0 Å². The van der Waals surface area contributed by atoms with Gasteiger partial charge in [-0.15, -0.1) is 6.42 Å². The number of rotatable bonds is 3. The Bertz CT molecular complexity index is 1120. The zero-order valence-corrected chi connectivity index (χ0v) is 14.7. The van der Waals surface area contributed by atoms with Gasteiger partial charge in [0.2, 0.25) is 6.79 Å². The molecule has 0 bridgehead atoms. The van der Waals surface area contributed by atoms with Gasteiger partial charge in [-0.2, -0.15) is 4.99 Å². The van der Waals surface area contributed by atoms with Crippen molar-refractivity contribution in [3.05, 3.63) is 46.8 Å². The smallest absolute Gasteiger partial charge is 0.279 e. The van der Waals surface area contributed by atoms with Crippen LogP contribution in [0.4, 0.5) is 0 Å². The van der Waals surface area contributed by atoms with Gasteiger partial charge >= 0.3 is 0 Å². The summed E-state index contributed by atoms with van der Waals surface area (Å²) in [7, 11) is 1.55. The Balaban J connectivity index is 1.84. The molecule has 4 rings (SSSR count). The van der Waals surface area contributed by atoms with Gasteiger partial charge in [0.05, 0.1) is 23.9 Å². The summed E-state index contributed by atoms with van der Waals surface area (Å²) in [6.07, 6.45) is 5.51. The summed E-state index contributed by atoms with van der Waals surface area (Å²) in [5.74, 6) is 4.19. The second-order valence-electron chi connectivity index (χ2n) is 5.50. The zero-order chi connectivity index (χ0) is 18.1. The molecule has 0 N–H and O–H groups in total. The average molecular weight is 366 g/mol. The molecule has 2 heterocycles. The number of amides is 1. The first kappa shape index (κ1) is 16.2. The lowest BCUT2D eigenvalue weighted by Gasteiger charge is -2.02. The van der Waals surface area contributed by atoms with E-state index in [0.717, 1.165) is 10.2 Å². The highest BCUT2D eigenvalue weighted by Crippen LogP contribution is 2.36. The van der Waals surface area contributed by atoms with E-state index in [1.54, 1.807) is 31.4 Å². The van der Waals surface area contributed by atoms with Crippen LogP contribution in [-0.2, 0) is 6.54 Å². The van der Waals surface area contributed by atoms with Gasteiger partial charge in [0.1, 0.15) is 5.75 Å². The third-order valence-electron chi connectivity index (χ3n) is 3.94. The van der Waals surface area contributed by atoms with Gasteiger partial charge in [-0.3, -0.25) is 4.79 Å². The van der Waals surface area contributed by atoms with Crippen LogP contribution in [0.1, 0.15) is 10.4 Å². The summed E-state index contributed by atoms with van der Waals surface area (Å²) in [5.41, 5.74) is 1.30. The van der Waals surface area contributed by atoms with Gasteiger partial charge in [-0.1, -0.05) is 23.3 Å². The van der Waals surface area contributed by atoms with Gasteiger partial charge < -0.3 is 18.8 Å². The summed E-state index contributed by atoms with van der Waals surface area (Å²) < 4.78 is 18.7. The van der Waals surface area contributed by atoms with E-state index in [-0.39, 0.29) is 12.7 Å². The number of methoxy groups -OCH3 is 1. The minimum atomic E-state index is -0.360. The Kier molecular flexibility index (Phi) is 4.11. The van der Waals surface area contributed by atoms with Crippen LogP contribution in [-0.4, -0.2) is 24.4 Å². The molecule has 26 heavy (non-hydrogen) atoms. The largest absolute Gasteiger partial charge is 0.497 e. The topological polar surface area (TPSA) is 62.1 Å². The maximum absolute atomic E-state index is 12.6. The van der Waals surface area contributed by atoms with E-state index in [2.05, 4.69) is 10.9 Å². The van der Waals surface area contributed by atoms with Gasteiger partial charge in [0.25, 0.3) is 5.91 Å². The third kappa shape index (κ3) is 2.80. The molecule has 0 saturated heterocycles. The molecule has 6 nitrogen and oxygen atoms in total. The Morgan fingerprint density at radius 3 is 2.92 bits per heavy atom. The summed E-state index contributed by atoms with van der Waals surface area (Å²) >= 11 is 1.38. The molecule has 0 saturated carbocycles. The maximum Gasteiger partial charge on any atom is 0.279 e. The van der Waals surface area contributed by atoms with Crippen LogP contribution in [0, 0.1) is 12.3 Å². The van der Waals surface area contributed by atoms with Crippen LogP contribution in [0.25, 0.3) is 10.2 Å². The lowest BCUT2D eigenvalue weighted by Crippen LogP contribution is -2.16.